The highest BCUT2D eigenvalue weighted by atomic mass is 32.1. The van der Waals surface area contributed by atoms with Gasteiger partial charge in [0, 0.05) is 18.7 Å². The van der Waals surface area contributed by atoms with E-state index in [1.807, 2.05) is 6.07 Å². The van der Waals surface area contributed by atoms with Gasteiger partial charge in [-0.1, -0.05) is 18.2 Å². The van der Waals surface area contributed by atoms with Gasteiger partial charge in [0.2, 0.25) is 0 Å². The third-order valence-electron chi connectivity index (χ3n) is 3.28. The number of ether oxygens (including phenoxy) is 1. The number of fused-ring (bicyclic) bond motifs is 1. The number of hydrogen-bond donors (Lipinski definition) is 1. The maximum Gasteiger partial charge on any atom is 0.339 e. The molecular formula is C15H12N2O4S. The van der Waals surface area contributed by atoms with E-state index in [0.717, 1.165) is 16.9 Å². The zero-order chi connectivity index (χ0) is 15.7. The van der Waals surface area contributed by atoms with E-state index in [4.69, 9.17) is 4.74 Å². The topological polar surface area (TPSA) is 85.4 Å². The molecule has 1 aromatic carbocycles. The predicted molar refractivity (Wildman–Crippen MR) is 80.1 cm³/mol. The summed E-state index contributed by atoms with van der Waals surface area (Å²) in [6, 6.07) is 7.03. The predicted octanol–water partition coefficient (Wildman–Crippen LogP) is 2.07. The number of hydrogen-bond acceptors (Lipinski definition) is 6. The molecule has 22 heavy (non-hydrogen) atoms. The summed E-state index contributed by atoms with van der Waals surface area (Å²) in [4.78, 5) is 39.3. The number of thiazole rings is 1. The fourth-order valence-electron chi connectivity index (χ4n) is 2.16. The van der Waals surface area contributed by atoms with Crippen molar-refractivity contribution in [1.82, 2.24) is 4.98 Å². The first kappa shape index (κ1) is 14.4. The summed E-state index contributed by atoms with van der Waals surface area (Å²) in [5.41, 5.74) is 1.56. The summed E-state index contributed by atoms with van der Waals surface area (Å²) in [7, 11) is 0. The zero-order valence-electron chi connectivity index (χ0n) is 11.7. The first-order valence-corrected chi connectivity index (χ1v) is 7.49. The number of Topliss-reactive ketones (excluding diaryl/α,β-unsaturated/α-hetero) is 1. The van der Waals surface area contributed by atoms with Crippen LogP contribution in [-0.2, 0) is 16.0 Å². The molecule has 2 aromatic rings. The van der Waals surface area contributed by atoms with Crippen LogP contribution in [0.5, 0.6) is 0 Å². The Balaban J connectivity index is 1.73. The highest BCUT2D eigenvalue weighted by Crippen LogP contribution is 2.22. The van der Waals surface area contributed by atoms with Crippen LogP contribution in [0.1, 0.15) is 33.3 Å². The number of cyclic esters (lactones) is 1. The molecule has 1 amide bonds. The lowest BCUT2D eigenvalue weighted by Crippen LogP contribution is -2.37. The number of rotatable bonds is 3. The first-order valence-electron chi connectivity index (χ1n) is 6.61. The van der Waals surface area contributed by atoms with Crippen LogP contribution >= 0.6 is 11.3 Å². The molecule has 0 saturated carbocycles. The molecule has 1 aromatic heterocycles. The molecule has 1 aliphatic rings. The summed E-state index contributed by atoms with van der Waals surface area (Å²) < 4.78 is 5.16. The number of anilines is 1. The molecule has 3 rings (SSSR count). The van der Waals surface area contributed by atoms with Crippen molar-refractivity contribution in [1.29, 1.82) is 0 Å². The van der Waals surface area contributed by atoms with E-state index in [-0.39, 0.29) is 5.78 Å². The molecule has 1 atom stereocenters. The van der Waals surface area contributed by atoms with E-state index >= 15 is 0 Å². The standard InChI is InChI=1S/C15H12N2O4S/c1-8(18)11-7-22-15(16-11)17-13(19)12-6-9-4-2-3-5-10(9)14(20)21-12/h2-5,7,12H,6H2,1H3,(H,16,17,19)/t12-/m1/s1. The van der Waals surface area contributed by atoms with Gasteiger partial charge < -0.3 is 4.74 Å². The average molecular weight is 316 g/mol. The van der Waals surface area contributed by atoms with Gasteiger partial charge in [0.1, 0.15) is 5.69 Å². The normalized spacial score (nSPS) is 16.6. The van der Waals surface area contributed by atoms with Gasteiger partial charge in [-0.3, -0.25) is 14.9 Å². The molecule has 0 unspecified atom stereocenters. The number of carbonyl (C=O) groups excluding carboxylic acids is 3. The van der Waals surface area contributed by atoms with Gasteiger partial charge in [0.25, 0.3) is 5.91 Å². The van der Waals surface area contributed by atoms with Gasteiger partial charge in [-0.15, -0.1) is 11.3 Å². The van der Waals surface area contributed by atoms with E-state index in [2.05, 4.69) is 10.3 Å². The molecular weight excluding hydrogens is 304 g/mol. The van der Waals surface area contributed by atoms with Crippen LogP contribution in [0.15, 0.2) is 29.6 Å². The van der Waals surface area contributed by atoms with E-state index in [1.165, 1.54) is 6.92 Å². The van der Waals surface area contributed by atoms with E-state index < -0.39 is 18.0 Å². The Morgan fingerprint density at radius 3 is 2.86 bits per heavy atom. The van der Waals surface area contributed by atoms with Crippen LogP contribution in [-0.4, -0.2) is 28.7 Å². The first-order chi connectivity index (χ1) is 10.5. The minimum absolute atomic E-state index is 0.172. The maximum atomic E-state index is 12.2. The Bertz CT molecular complexity index is 768. The van der Waals surface area contributed by atoms with Crippen LogP contribution in [0.4, 0.5) is 5.13 Å². The Labute approximate surface area is 130 Å². The van der Waals surface area contributed by atoms with Crippen LogP contribution in [0.2, 0.25) is 0 Å². The molecule has 0 bridgehead atoms. The highest BCUT2D eigenvalue weighted by Gasteiger charge is 2.31. The fraction of sp³-hybridized carbons (Fsp3) is 0.200. The van der Waals surface area contributed by atoms with Gasteiger partial charge in [0.05, 0.1) is 5.56 Å². The van der Waals surface area contributed by atoms with Crippen molar-refractivity contribution in [3.05, 3.63) is 46.5 Å². The molecule has 0 aliphatic carbocycles. The van der Waals surface area contributed by atoms with Gasteiger partial charge in [-0.2, -0.15) is 0 Å². The number of ketones is 1. The quantitative estimate of drug-likeness (QED) is 0.692. The van der Waals surface area contributed by atoms with Crippen LogP contribution in [0.3, 0.4) is 0 Å². The second-order valence-corrected chi connectivity index (χ2v) is 5.70. The van der Waals surface area contributed by atoms with Gasteiger partial charge in [0.15, 0.2) is 17.0 Å². The van der Waals surface area contributed by atoms with Crippen LogP contribution in [0.25, 0.3) is 0 Å². The van der Waals surface area contributed by atoms with Gasteiger partial charge >= 0.3 is 5.97 Å². The molecule has 7 heteroatoms. The van der Waals surface area contributed by atoms with Crippen molar-refractivity contribution in [2.24, 2.45) is 0 Å². The molecule has 112 valence electrons. The Morgan fingerprint density at radius 1 is 1.36 bits per heavy atom. The second kappa shape index (κ2) is 5.69. The largest absolute Gasteiger partial charge is 0.448 e. The third kappa shape index (κ3) is 2.75. The average Bonchev–Trinajstić information content (AvgIpc) is 2.96. The van der Waals surface area contributed by atoms with Crippen molar-refractivity contribution < 1.29 is 19.1 Å². The molecule has 0 fully saturated rings. The Hall–Kier alpha value is -2.54. The lowest BCUT2D eigenvalue weighted by Gasteiger charge is -2.23. The lowest BCUT2D eigenvalue weighted by molar-refractivity contribution is -0.125. The summed E-state index contributed by atoms with van der Waals surface area (Å²) in [6.07, 6.45) is -0.578. The number of nitrogens with zero attached hydrogens (tertiary/aromatic N) is 1. The molecule has 2 heterocycles. The van der Waals surface area contributed by atoms with Crippen molar-refractivity contribution in [3.8, 4) is 0 Å². The SMILES string of the molecule is CC(=O)c1csc(NC(=O)[C@H]2Cc3ccccc3C(=O)O2)n1. The summed E-state index contributed by atoms with van der Waals surface area (Å²) in [5.74, 6) is -1.13. The van der Waals surface area contributed by atoms with Crippen LogP contribution in [0, 0.1) is 0 Å². The summed E-state index contributed by atoms with van der Waals surface area (Å²) in [6.45, 7) is 1.40. The number of carbonyl (C=O) groups is 3. The van der Waals surface area contributed by atoms with Gasteiger partial charge in [-0.25, -0.2) is 9.78 Å². The minimum Gasteiger partial charge on any atom is -0.448 e. The molecule has 0 radical (unpaired) electrons. The van der Waals surface area contributed by atoms with Crippen molar-refractivity contribution in [2.75, 3.05) is 5.32 Å². The molecule has 0 spiro atoms. The maximum absolute atomic E-state index is 12.2. The van der Waals surface area contributed by atoms with Gasteiger partial charge in [-0.05, 0) is 11.6 Å². The number of esters is 1. The lowest BCUT2D eigenvalue weighted by atomic mass is 9.98. The summed E-state index contributed by atoms with van der Waals surface area (Å²) >= 11 is 1.15. The van der Waals surface area contributed by atoms with Crippen molar-refractivity contribution in [2.45, 2.75) is 19.4 Å². The number of nitrogens with one attached hydrogen (secondary N) is 1. The number of aromatic nitrogens is 1. The second-order valence-electron chi connectivity index (χ2n) is 4.84. The smallest absolute Gasteiger partial charge is 0.339 e. The molecule has 6 nitrogen and oxygen atoms in total. The number of amides is 1. The highest BCUT2D eigenvalue weighted by molar-refractivity contribution is 7.14. The monoisotopic (exact) mass is 316 g/mol. The van der Waals surface area contributed by atoms with Crippen molar-refractivity contribution in [3.63, 3.8) is 0 Å². The van der Waals surface area contributed by atoms with Crippen LogP contribution < -0.4 is 5.32 Å². The van der Waals surface area contributed by atoms with Crippen molar-refractivity contribution >= 4 is 34.1 Å². The minimum atomic E-state index is -0.896. The molecule has 1 N–H and O–H groups in total. The third-order valence-corrected chi connectivity index (χ3v) is 4.04. The molecule has 0 saturated heterocycles. The zero-order valence-corrected chi connectivity index (χ0v) is 12.5. The Kier molecular flexibility index (Phi) is 3.72. The molecule has 1 aliphatic heterocycles. The fourth-order valence-corrected chi connectivity index (χ4v) is 2.91. The number of benzene rings is 1. The Morgan fingerprint density at radius 2 is 2.14 bits per heavy atom. The van der Waals surface area contributed by atoms with E-state index in [9.17, 15) is 14.4 Å². The van der Waals surface area contributed by atoms with E-state index in [1.54, 1.807) is 23.6 Å². The summed E-state index contributed by atoms with van der Waals surface area (Å²) in [5, 5.41) is 4.46. The van der Waals surface area contributed by atoms with E-state index in [0.29, 0.717) is 22.8 Å².